The monoisotopic (exact) mass is 404 g/mol. The van der Waals surface area contributed by atoms with Crippen molar-refractivity contribution in [1.29, 1.82) is 0 Å². The van der Waals surface area contributed by atoms with E-state index in [1.807, 2.05) is 42.5 Å². The van der Waals surface area contributed by atoms with E-state index in [4.69, 9.17) is 30.2 Å². The van der Waals surface area contributed by atoms with Gasteiger partial charge in [0, 0.05) is 10.8 Å². The Morgan fingerprint density at radius 3 is 2.89 bits per heavy atom. The minimum absolute atomic E-state index is 0.344. The predicted octanol–water partition coefficient (Wildman–Crippen LogP) is 4.80. The van der Waals surface area contributed by atoms with Gasteiger partial charge in [-0.25, -0.2) is 0 Å². The largest absolute Gasteiger partial charge is 0.494 e. The van der Waals surface area contributed by atoms with Crippen LogP contribution in [0.3, 0.4) is 0 Å². The molecular weight excluding hydrogens is 388 g/mol. The van der Waals surface area contributed by atoms with Gasteiger partial charge in [-0.05, 0) is 36.8 Å². The van der Waals surface area contributed by atoms with E-state index in [1.54, 1.807) is 6.07 Å². The molecule has 0 N–H and O–H groups in total. The second-order valence-electron chi connectivity index (χ2n) is 5.78. The fourth-order valence-electron chi connectivity index (χ4n) is 2.52. The third-order valence-electron chi connectivity index (χ3n) is 3.79. The molecule has 2 heterocycles. The van der Waals surface area contributed by atoms with Crippen molar-refractivity contribution in [1.82, 2.24) is 10.2 Å². The zero-order valence-electron chi connectivity index (χ0n) is 14.3. The number of para-hydroxylation sites is 2. The van der Waals surface area contributed by atoms with E-state index in [2.05, 4.69) is 10.2 Å². The topological polar surface area (TPSA) is 66.6 Å². The highest BCUT2D eigenvalue weighted by atomic mass is 35.5. The summed E-state index contributed by atoms with van der Waals surface area (Å²) in [4.78, 5) is 0. The first-order valence-corrected chi connectivity index (χ1v) is 9.87. The molecule has 0 saturated carbocycles. The number of aromatic nitrogens is 2. The van der Waals surface area contributed by atoms with Gasteiger partial charge in [-0.15, -0.1) is 10.2 Å². The number of nitrogens with zero attached hydrogens (tertiary/aromatic N) is 2. The van der Waals surface area contributed by atoms with Crippen molar-refractivity contribution in [3.63, 3.8) is 0 Å². The first kappa shape index (κ1) is 18.0. The van der Waals surface area contributed by atoms with Gasteiger partial charge < -0.3 is 18.6 Å². The summed E-state index contributed by atoms with van der Waals surface area (Å²) in [7, 11) is 0. The van der Waals surface area contributed by atoms with Gasteiger partial charge in [-0.3, -0.25) is 0 Å². The lowest BCUT2D eigenvalue weighted by Gasteiger charge is -2.23. The van der Waals surface area contributed by atoms with E-state index >= 15 is 0 Å². The SMILES string of the molecule is Clc1cccc(OCCCSc2nnc(C3COc4ccccc4O3)o2)c1. The molecule has 2 aromatic carbocycles. The number of thioether (sulfide) groups is 1. The van der Waals surface area contributed by atoms with Crippen LogP contribution in [0.5, 0.6) is 17.2 Å². The Morgan fingerprint density at radius 2 is 2.00 bits per heavy atom. The van der Waals surface area contributed by atoms with Gasteiger partial charge in [-0.1, -0.05) is 41.6 Å². The van der Waals surface area contributed by atoms with Crippen molar-refractivity contribution < 1.29 is 18.6 Å². The minimum atomic E-state index is -0.395. The number of hydrogen-bond acceptors (Lipinski definition) is 7. The quantitative estimate of drug-likeness (QED) is 0.414. The maximum absolute atomic E-state index is 5.93. The van der Waals surface area contributed by atoms with E-state index in [1.165, 1.54) is 11.8 Å². The van der Waals surface area contributed by atoms with Gasteiger partial charge in [0.1, 0.15) is 12.4 Å². The van der Waals surface area contributed by atoms with Crippen LogP contribution >= 0.6 is 23.4 Å². The Hall–Kier alpha value is -2.38. The Kier molecular flexibility index (Phi) is 5.69. The summed E-state index contributed by atoms with van der Waals surface area (Å²) in [5.41, 5.74) is 0. The molecule has 4 rings (SSSR count). The molecule has 0 aliphatic carbocycles. The second-order valence-corrected chi connectivity index (χ2v) is 7.26. The molecule has 1 unspecified atom stereocenters. The van der Waals surface area contributed by atoms with Crippen molar-refractivity contribution in [2.75, 3.05) is 19.0 Å². The summed E-state index contributed by atoms with van der Waals surface area (Å²) in [6.45, 7) is 0.932. The molecule has 0 spiro atoms. The van der Waals surface area contributed by atoms with Crippen LogP contribution in [-0.4, -0.2) is 29.2 Å². The molecule has 1 aliphatic rings. The standard InChI is InChI=1S/C19H17ClN2O4S/c20-13-5-3-6-14(11-13)23-9-4-10-27-19-22-21-18(26-19)17-12-24-15-7-1-2-8-16(15)25-17/h1-3,5-8,11,17H,4,9-10,12H2. The normalized spacial score (nSPS) is 15.5. The van der Waals surface area contributed by atoms with E-state index < -0.39 is 6.10 Å². The fraction of sp³-hybridized carbons (Fsp3) is 0.263. The Labute approximate surface area is 165 Å². The summed E-state index contributed by atoms with van der Waals surface area (Å²) >= 11 is 7.41. The number of fused-ring (bicyclic) bond motifs is 1. The molecule has 0 radical (unpaired) electrons. The molecule has 8 heteroatoms. The van der Waals surface area contributed by atoms with Crippen molar-refractivity contribution in [3.8, 4) is 17.2 Å². The van der Waals surface area contributed by atoms with Gasteiger partial charge in [0.2, 0.25) is 6.10 Å². The van der Waals surface area contributed by atoms with Crippen LogP contribution in [0.4, 0.5) is 0 Å². The summed E-state index contributed by atoms with van der Waals surface area (Å²) in [5, 5.41) is 9.32. The Bertz CT molecular complexity index is 905. The zero-order chi connectivity index (χ0) is 18.5. The molecule has 1 atom stereocenters. The van der Waals surface area contributed by atoms with E-state index in [0.717, 1.165) is 23.7 Å². The molecule has 1 aliphatic heterocycles. The number of ether oxygens (including phenoxy) is 3. The average Bonchev–Trinajstić information content (AvgIpc) is 3.16. The van der Waals surface area contributed by atoms with E-state index in [-0.39, 0.29) is 0 Å². The smallest absolute Gasteiger partial charge is 0.276 e. The molecule has 1 aromatic heterocycles. The third-order valence-corrected chi connectivity index (χ3v) is 4.92. The van der Waals surface area contributed by atoms with Crippen molar-refractivity contribution >= 4 is 23.4 Å². The van der Waals surface area contributed by atoms with Crippen LogP contribution in [0.25, 0.3) is 0 Å². The molecule has 6 nitrogen and oxygen atoms in total. The van der Waals surface area contributed by atoms with Crippen LogP contribution in [0.2, 0.25) is 5.02 Å². The molecule has 0 fully saturated rings. The maximum atomic E-state index is 5.93. The molecule has 0 bridgehead atoms. The zero-order valence-corrected chi connectivity index (χ0v) is 15.9. The summed E-state index contributed by atoms with van der Waals surface area (Å²) in [5.74, 6) is 3.39. The lowest BCUT2D eigenvalue weighted by molar-refractivity contribution is 0.0686. The predicted molar refractivity (Wildman–Crippen MR) is 102 cm³/mol. The molecule has 140 valence electrons. The van der Waals surface area contributed by atoms with Crippen LogP contribution in [0.1, 0.15) is 18.4 Å². The summed E-state index contributed by atoms with van der Waals surface area (Å²) in [6, 6.07) is 14.9. The first-order chi connectivity index (χ1) is 13.3. The maximum Gasteiger partial charge on any atom is 0.276 e. The number of rotatable bonds is 7. The van der Waals surface area contributed by atoms with Crippen molar-refractivity contribution in [2.24, 2.45) is 0 Å². The van der Waals surface area contributed by atoms with Crippen LogP contribution < -0.4 is 14.2 Å². The van der Waals surface area contributed by atoms with Crippen LogP contribution in [-0.2, 0) is 0 Å². The number of hydrogen-bond donors (Lipinski definition) is 0. The highest BCUT2D eigenvalue weighted by molar-refractivity contribution is 7.99. The Morgan fingerprint density at radius 1 is 1.11 bits per heavy atom. The lowest BCUT2D eigenvalue weighted by atomic mass is 10.2. The van der Waals surface area contributed by atoms with Crippen molar-refractivity contribution in [3.05, 3.63) is 59.4 Å². The van der Waals surface area contributed by atoms with E-state index in [0.29, 0.717) is 35.1 Å². The second kappa shape index (κ2) is 8.54. The minimum Gasteiger partial charge on any atom is -0.494 e. The molecule has 0 saturated heterocycles. The average molecular weight is 405 g/mol. The van der Waals surface area contributed by atoms with Gasteiger partial charge in [-0.2, -0.15) is 0 Å². The van der Waals surface area contributed by atoms with Crippen molar-refractivity contribution in [2.45, 2.75) is 17.7 Å². The summed E-state index contributed by atoms with van der Waals surface area (Å²) < 4.78 is 22.9. The fourth-order valence-corrected chi connectivity index (χ4v) is 3.38. The Balaban J connectivity index is 1.23. The highest BCUT2D eigenvalue weighted by Gasteiger charge is 2.27. The highest BCUT2D eigenvalue weighted by Crippen LogP contribution is 2.35. The molecular formula is C19H17ClN2O4S. The van der Waals surface area contributed by atoms with Crippen LogP contribution in [0.15, 0.2) is 58.2 Å². The molecule has 0 amide bonds. The van der Waals surface area contributed by atoms with Gasteiger partial charge in [0.25, 0.3) is 11.1 Å². The van der Waals surface area contributed by atoms with Gasteiger partial charge >= 0.3 is 0 Å². The number of halogens is 1. The third kappa shape index (κ3) is 4.67. The number of benzene rings is 2. The van der Waals surface area contributed by atoms with Gasteiger partial charge in [0.05, 0.1) is 6.61 Å². The lowest BCUT2D eigenvalue weighted by Crippen LogP contribution is -2.21. The molecule has 27 heavy (non-hydrogen) atoms. The van der Waals surface area contributed by atoms with E-state index in [9.17, 15) is 0 Å². The summed E-state index contributed by atoms with van der Waals surface area (Å²) in [6.07, 6.45) is 0.443. The first-order valence-electron chi connectivity index (χ1n) is 8.51. The van der Waals surface area contributed by atoms with Gasteiger partial charge in [0.15, 0.2) is 11.5 Å². The van der Waals surface area contributed by atoms with Crippen LogP contribution in [0, 0.1) is 0 Å². The molecule has 3 aromatic rings.